The lowest BCUT2D eigenvalue weighted by atomic mass is 9.98. The zero-order valence-corrected chi connectivity index (χ0v) is 9.19. The van der Waals surface area contributed by atoms with Crippen LogP contribution < -0.4 is 11.5 Å². The fourth-order valence-corrected chi connectivity index (χ4v) is 1.35. The topological polar surface area (TPSA) is 95.4 Å². The third-order valence-electron chi connectivity index (χ3n) is 2.16. The summed E-state index contributed by atoms with van der Waals surface area (Å²) < 4.78 is 4.57. The molecule has 0 aliphatic heterocycles. The van der Waals surface area contributed by atoms with Crippen LogP contribution in [0.2, 0.25) is 0 Å². The highest BCUT2D eigenvalue weighted by Crippen LogP contribution is 2.19. The fraction of sp³-hybridized carbons (Fsp3) is 0.273. The number of benzene rings is 1. The molecule has 0 saturated heterocycles. The summed E-state index contributed by atoms with van der Waals surface area (Å²) in [5.41, 5.74) is 11.7. The molecule has 0 heterocycles. The molecule has 5 heteroatoms. The number of hydrogen-bond acceptors (Lipinski definition) is 5. The van der Waals surface area contributed by atoms with E-state index in [1.165, 1.54) is 20.1 Å². The molecule has 0 saturated carbocycles. The van der Waals surface area contributed by atoms with Crippen molar-refractivity contribution in [2.45, 2.75) is 13.0 Å². The van der Waals surface area contributed by atoms with Gasteiger partial charge in [-0.05, 0) is 19.1 Å². The van der Waals surface area contributed by atoms with Gasteiger partial charge in [0, 0.05) is 5.69 Å². The molecule has 0 aliphatic rings. The van der Waals surface area contributed by atoms with Gasteiger partial charge in [0.25, 0.3) is 0 Å². The zero-order valence-electron chi connectivity index (χ0n) is 9.19. The zero-order chi connectivity index (χ0) is 12.3. The molecule has 0 fully saturated rings. The molecule has 16 heavy (non-hydrogen) atoms. The number of ketones is 1. The third-order valence-corrected chi connectivity index (χ3v) is 2.16. The van der Waals surface area contributed by atoms with Gasteiger partial charge in [-0.15, -0.1) is 0 Å². The second-order valence-electron chi connectivity index (χ2n) is 3.41. The van der Waals surface area contributed by atoms with Gasteiger partial charge in [0.15, 0.2) is 5.78 Å². The summed E-state index contributed by atoms with van der Waals surface area (Å²) in [6, 6.07) is 3.90. The molecule has 86 valence electrons. The minimum atomic E-state index is -0.715. The third kappa shape index (κ3) is 2.20. The highest BCUT2D eigenvalue weighted by molar-refractivity contribution is 6.11. The number of rotatable bonds is 3. The maximum atomic E-state index is 11.8. The van der Waals surface area contributed by atoms with E-state index in [1.54, 1.807) is 12.1 Å². The number of carbonyl (C=O) groups is 2. The predicted molar refractivity (Wildman–Crippen MR) is 60.2 cm³/mol. The maximum Gasteiger partial charge on any atom is 0.338 e. The van der Waals surface area contributed by atoms with E-state index in [9.17, 15) is 9.59 Å². The molecule has 0 bridgehead atoms. The Morgan fingerprint density at radius 3 is 2.50 bits per heavy atom. The molecule has 1 atom stereocenters. The molecule has 1 aromatic carbocycles. The van der Waals surface area contributed by atoms with E-state index in [4.69, 9.17) is 11.5 Å². The van der Waals surface area contributed by atoms with Crippen LogP contribution in [0.15, 0.2) is 18.2 Å². The molecule has 0 aliphatic carbocycles. The van der Waals surface area contributed by atoms with Gasteiger partial charge in [0.05, 0.1) is 24.3 Å². The second-order valence-corrected chi connectivity index (χ2v) is 3.41. The molecule has 0 amide bonds. The maximum absolute atomic E-state index is 11.8. The first-order valence-corrected chi connectivity index (χ1v) is 4.75. The van der Waals surface area contributed by atoms with Crippen molar-refractivity contribution in [1.82, 2.24) is 0 Å². The number of hydrogen-bond donors (Lipinski definition) is 2. The lowest BCUT2D eigenvalue weighted by molar-refractivity contribution is 0.0597. The molecule has 1 rings (SSSR count). The molecule has 1 aromatic rings. The standard InChI is InChI=1S/C11H14N2O3/c1-6(12)10(14)9-7(11(15)16-2)4-3-5-8(9)13/h3-6H,12-13H2,1-2H3/t6-/m0/s1. The molecule has 4 N–H and O–H groups in total. The normalized spacial score (nSPS) is 11.9. The van der Waals surface area contributed by atoms with Crippen LogP contribution in [0.25, 0.3) is 0 Å². The van der Waals surface area contributed by atoms with Crippen LogP contribution >= 0.6 is 0 Å². The van der Waals surface area contributed by atoms with Gasteiger partial charge in [0.1, 0.15) is 0 Å². The largest absolute Gasteiger partial charge is 0.465 e. The minimum Gasteiger partial charge on any atom is -0.465 e. The van der Waals surface area contributed by atoms with Crippen molar-refractivity contribution in [3.63, 3.8) is 0 Å². The minimum absolute atomic E-state index is 0.129. The molecule has 0 aromatic heterocycles. The van der Waals surface area contributed by atoms with Crippen LogP contribution in [0.1, 0.15) is 27.6 Å². The Balaban J connectivity index is 3.35. The average Bonchev–Trinajstić information content (AvgIpc) is 2.26. The van der Waals surface area contributed by atoms with Gasteiger partial charge in [-0.25, -0.2) is 4.79 Å². The molecule has 0 spiro atoms. The first-order valence-electron chi connectivity index (χ1n) is 4.75. The van der Waals surface area contributed by atoms with Crippen molar-refractivity contribution < 1.29 is 14.3 Å². The lowest BCUT2D eigenvalue weighted by Crippen LogP contribution is -2.29. The Bertz CT molecular complexity index is 427. The van der Waals surface area contributed by atoms with Gasteiger partial charge in [-0.3, -0.25) is 4.79 Å². The van der Waals surface area contributed by atoms with Crippen LogP contribution in [0.3, 0.4) is 0 Å². The Morgan fingerprint density at radius 2 is 2.00 bits per heavy atom. The summed E-state index contributed by atoms with van der Waals surface area (Å²) in [6.07, 6.45) is 0. The summed E-state index contributed by atoms with van der Waals surface area (Å²) in [5, 5.41) is 0. The van der Waals surface area contributed by atoms with Crippen LogP contribution in [0.5, 0.6) is 0 Å². The van der Waals surface area contributed by atoms with Gasteiger partial charge in [-0.2, -0.15) is 0 Å². The van der Waals surface area contributed by atoms with E-state index in [1.807, 2.05) is 0 Å². The van der Waals surface area contributed by atoms with Crippen LogP contribution in [-0.2, 0) is 4.74 Å². The lowest BCUT2D eigenvalue weighted by Gasteiger charge is -2.11. The first kappa shape index (κ1) is 12.2. The summed E-state index contributed by atoms with van der Waals surface area (Å²) >= 11 is 0. The molecular weight excluding hydrogens is 208 g/mol. The average molecular weight is 222 g/mol. The van der Waals surface area contributed by atoms with Gasteiger partial charge in [-0.1, -0.05) is 6.07 Å². The van der Waals surface area contributed by atoms with Crippen LogP contribution in [0.4, 0.5) is 5.69 Å². The Labute approximate surface area is 93.4 Å². The van der Waals surface area contributed by atoms with Crippen molar-refractivity contribution in [3.05, 3.63) is 29.3 Å². The van der Waals surface area contributed by atoms with Crippen LogP contribution in [-0.4, -0.2) is 24.9 Å². The summed E-state index contributed by atoms with van der Waals surface area (Å²) in [6.45, 7) is 1.54. The van der Waals surface area contributed by atoms with E-state index < -0.39 is 12.0 Å². The van der Waals surface area contributed by atoms with Crippen molar-refractivity contribution in [1.29, 1.82) is 0 Å². The van der Waals surface area contributed by atoms with Crippen molar-refractivity contribution >= 4 is 17.4 Å². The van der Waals surface area contributed by atoms with E-state index in [0.29, 0.717) is 0 Å². The Morgan fingerprint density at radius 1 is 1.38 bits per heavy atom. The summed E-state index contributed by atoms with van der Waals surface area (Å²) in [4.78, 5) is 23.2. The number of esters is 1. The van der Waals surface area contributed by atoms with E-state index >= 15 is 0 Å². The van der Waals surface area contributed by atoms with Crippen LogP contribution in [0, 0.1) is 0 Å². The van der Waals surface area contributed by atoms with E-state index in [2.05, 4.69) is 4.74 Å². The molecule has 0 radical (unpaired) electrons. The van der Waals surface area contributed by atoms with E-state index in [0.717, 1.165) is 0 Å². The molecule has 5 nitrogen and oxygen atoms in total. The number of anilines is 1. The monoisotopic (exact) mass is 222 g/mol. The first-order chi connectivity index (χ1) is 7.49. The number of carbonyl (C=O) groups excluding carboxylic acids is 2. The van der Waals surface area contributed by atoms with Gasteiger partial charge in [0.2, 0.25) is 0 Å². The van der Waals surface area contributed by atoms with E-state index in [-0.39, 0.29) is 22.6 Å². The highest BCUT2D eigenvalue weighted by Gasteiger charge is 2.22. The Hall–Kier alpha value is -1.88. The smallest absolute Gasteiger partial charge is 0.338 e. The van der Waals surface area contributed by atoms with Crippen molar-refractivity contribution in [2.24, 2.45) is 5.73 Å². The number of nitrogens with two attached hydrogens (primary N) is 2. The van der Waals surface area contributed by atoms with Crippen molar-refractivity contribution in [2.75, 3.05) is 12.8 Å². The number of ether oxygens (including phenoxy) is 1. The molecular formula is C11H14N2O3. The fourth-order valence-electron chi connectivity index (χ4n) is 1.35. The number of methoxy groups -OCH3 is 1. The SMILES string of the molecule is COC(=O)c1cccc(N)c1C(=O)[C@H](C)N. The highest BCUT2D eigenvalue weighted by atomic mass is 16.5. The summed E-state index contributed by atoms with van der Waals surface area (Å²) in [7, 11) is 1.24. The molecule has 0 unspecified atom stereocenters. The Kier molecular flexibility index (Phi) is 3.63. The van der Waals surface area contributed by atoms with Crippen molar-refractivity contribution in [3.8, 4) is 0 Å². The van der Waals surface area contributed by atoms with Gasteiger partial charge >= 0.3 is 5.97 Å². The second kappa shape index (κ2) is 4.76. The summed E-state index contributed by atoms with van der Waals surface area (Å²) in [5.74, 6) is -0.977. The number of Topliss-reactive ketones (excluding diaryl/α,β-unsaturated/α-hetero) is 1. The number of nitrogen functional groups attached to an aromatic ring is 1. The predicted octanol–water partition coefficient (Wildman–Crippen LogP) is 0.585. The van der Waals surface area contributed by atoms with Gasteiger partial charge < -0.3 is 16.2 Å². The quantitative estimate of drug-likeness (QED) is 0.443.